The Morgan fingerprint density at radius 1 is 1.52 bits per heavy atom. The number of likely N-dealkylation sites (tertiary alicyclic amines) is 1. The van der Waals surface area contributed by atoms with Crippen molar-refractivity contribution in [3.63, 3.8) is 0 Å². The van der Waals surface area contributed by atoms with E-state index in [1.165, 1.54) is 13.2 Å². The molecule has 7 heteroatoms. The molecule has 2 rings (SSSR count). The summed E-state index contributed by atoms with van der Waals surface area (Å²) in [5.74, 6) is -0.240. The van der Waals surface area contributed by atoms with E-state index in [1.807, 2.05) is 11.0 Å². The Bertz CT molecular complexity index is 550. The number of halogens is 1. The number of carbonyl (C=O) groups excluding carboxylic acids is 1. The topological polar surface area (TPSA) is 72.7 Å². The molecule has 0 spiro atoms. The molecule has 1 aromatic carbocycles. The van der Waals surface area contributed by atoms with E-state index in [-0.39, 0.29) is 17.7 Å². The number of methoxy groups -OCH3 is 1. The fraction of sp³-hybridized carbons (Fsp3) is 0.500. The molecule has 0 unspecified atom stereocenters. The molecule has 0 amide bonds. The van der Waals surface area contributed by atoms with Crippen LogP contribution in [0.4, 0.5) is 5.69 Å². The van der Waals surface area contributed by atoms with Gasteiger partial charge in [-0.1, -0.05) is 18.6 Å². The molecule has 0 radical (unpaired) electrons. The van der Waals surface area contributed by atoms with Gasteiger partial charge < -0.3 is 4.74 Å². The highest BCUT2D eigenvalue weighted by molar-refractivity contribution is 9.10. The lowest BCUT2D eigenvalue weighted by Crippen LogP contribution is -2.44. The third kappa shape index (κ3) is 3.59. The smallest absolute Gasteiger partial charge is 0.323 e. The highest BCUT2D eigenvalue weighted by Crippen LogP contribution is 2.30. The van der Waals surface area contributed by atoms with Crippen molar-refractivity contribution in [3.8, 4) is 0 Å². The van der Waals surface area contributed by atoms with Crippen molar-refractivity contribution >= 4 is 27.6 Å². The SMILES string of the molecule is COC(=O)[C@H]1CCCCN1Cc1cccc([N+](=O)[O-])c1Br. The van der Waals surface area contributed by atoms with Gasteiger partial charge in [-0.15, -0.1) is 0 Å². The van der Waals surface area contributed by atoms with Crippen molar-refractivity contribution in [3.05, 3.63) is 38.3 Å². The normalized spacial score (nSPS) is 19.2. The number of benzene rings is 1. The summed E-state index contributed by atoms with van der Waals surface area (Å²) < 4.78 is 5.33. The van der Waals surface area contributed by atoms with Gasteiger partial charge in [-0.05, 0) is 40.9 Å². The summed E-state index contributed by atoms with van der Waals surface area (Å²) in [6, 6.07) is 4.69. The molecule has 1 aromatic rings. The van der Waals surface area contributed by atoms with E-state index in [1.54, 1.807) is 6.07 Å². The number of esters is 1. The molecular weight excluding hydrogens is 340 g/mol. The number of rotatable bonds is 4. The van der Waals surface area contributed by atoms with Crippen molar-refractivity contribution < 1.29 is 14.5 Å². The molecule has 1 fully saturated rings. The molecule has 0 aliphatic carbocycles. The Kier molecular flexibility index (Phi) is 5.30. The highest BCUT2D eigenvalue weighted by atomic mass is 79.9. The summed E-state index contributed by atoms with van der Waals surface area (Å²) >= 11 is 3.30. The van der Waals surface area contributed by atoms with Crippen LogP contribution in [0.25, 0.3) is 0 Å². The van der Waals surface area contributed by atoms with E-state index < -0.39 is 4.92 Å². The van der Waals surface area contributed by atoms with Crippen LogP contribution in [0.3, 0.4) is 0 Å². The third-order valence-electron chi connectivity index (χ3n) is 3.72. The quantitative estimate of drug-likeness (QED) is 0.471. The van der Waals surface area contributed by atoms with Gasteiger partial charge in [0.25, 0.3) is 5.69 Å². The minimum Gasteiger partial charge on any atom is -0.468 e. The third-order valence-corrected chi connectivity index (χ3v) is 4.63. The average molecular weight is 357 g/mol. The standard InChI is InChI=1S/C14H17BrN2O4/c1-21-14(18)12-6-2-3-8-16(12)9-10-5-4-7-11(13(10)15)17(19)20/h4-5,7,12H,2-3,6,8-9H2,1H3/t12-/m1/s1. The summed E-state index contributed by atoms with van der Waals surface area (Å²) in [4.78, 5) is 24.4. The second kappa shape index (κ2) is 7.00. The van der Waals surface area contributed by atoms with Gasteiger partial charge in [0.2, 0.25) is 0 Å². The molecule has 6 nitrogen and oxygen atoms in total. The number of nitro groups is 1. The number of piperidine rings is 1. The van der Waals surface area contributed by atoms with Crippen LogP contribution in [0.2, 0.25) is 0 Å². The van der Waals surface area contributed by atoms with Gasteiger partial charge in [0.05, 0.1) is 16.5 Å². The lowest BCUT2D eigenvalue weighted by atomic mass is 10.0. The number of nitro benzene ring substituents is 1. The summed E-state index contributed by atoms with van der Waals surface area (Å²) in [6.07, 6.45) is 2.77. The number of hydrogen-bond donors (Lipinski definition) is 0. The second-order valence-corrected chi connectivity index (χ2v) is 5.81. The van der Waals surface area contributed by atoms with Crippen LogP contribution in [0, 0.1) is 10.1 Å². The first kappa shape index (κ1) is 15.9. The maximum atomic E-state index is 11.8. The van der Waals surface area contributed by atoms with Crippen LogP contribution >= 0.6 is 15.9 Å². The summed E-state index contributed by atoms with van der Waals surface area (Å²) in [5, 5.41) is 11.0. The average Bonchev–Trinajstić information content (AvgIpc) is 2.49. The molecular formula is C14H17BrN2O4. The van der Waals surface area contributed by atoms with E-state index >= 15 is 0 Å². The second-order valence-electron chi connectivity index (χ2n) is 5.01. The first-order chi connectivity index (χ1) is 10.0. The van der Waals surface area contributed by atoms with Crippen LogP contribution in [0.5, 0.6) is 0 Å². The Balaban J connectivity index is 2.21. The number of ether oxygens (including phenoxy) is 1. The lowest BCUT2D eigenvalue weighted by molar-refractivity contribution is -0.385. The Morgan fingerprint density at radius 3 is 2.95 bits per heavy atom. The van der Waals surface area contributed by atoms with Crippen molar-refractivity contribution in [2.75, 3.05) is 13.7 Å². The molecule has 114 valence electrons. The monoisotopic (exact) mass is 356 g/mol. The number of nitrogens with zero attached hydrogens (tertiary/aromatic N) is 2. The number of carbonyl (C=O) groups is 1. The first-order valence-electron chi connectivity index (χ1n) is 6.78. The predicted octanol–water partition coefficient (Wildman–Crippen LogP) is 2.88. The molecule has 0 bridgehead atoms. The fourth-order valence-corrected chi connectivity index (χ4v) is 3.17. The molecule has 0 aromatic heterocycles. The van der Waals surface area contributed by atoms with Crippen LogP contribution in [-0.4, -0.2) is 35.5 Å². The van der Waals surface area contributed by atoms with E-state index in [0.29, 0.717) is 11.0 Å². The Labute approximate surface area is 131 Å². The molecule has 0 saturated carbocycles. The van der Waals surface area contributed by atoms with Gasteiger partial charge in [0.1, 0.15) is 6.04 Å². The van der Waals surface area contributed by atoms with Crippen molar-refractivity contribution in [2.45, 2.75) is 31.8 Å². The summed E-state index contributed by atoms with van der Waals surface area (Å²) in [6.45, 7) is 1.27. The molecule has 1 saturated heterocycles. The minimum atomic E-state index is -0.415. The summed E-state index contributed by atoms with van der Waals surface area (Å²) in [7, 11) is 1.39. The largest absolute Gasteiger partial charge is 0.468 e. The van der Waals surface area contributed by atoms with Crippen LogP contribution in [-0.2, 0) is 16.1 Å². The zero-order chi connectivity index (χ0) is 15.4. The fourth-order valence-electron chi connectivity index (χ4n) is 2.63. The Hall–Kier alpha value is -1.47. The molecule has 1 heterocycles. The minimum absolute atomic E-state index is 0.0409. The van der Waals surface area contributed by atoms with Crippen LogP contribution < -0.4 is 0 Å². The van der Waals surface area contributed by atoms with E-state index in [9.17, 15) is 14.9 Å². The lowest BCUT2D eigenvalue weighted by Gasteiger charge is -2.33. The maximum Gasteiger partial charge on any atom is 0.323 e. The highest BCUT2D eigenvalue weighted by Gasteiger charge is 2.30. The van der Waals surface area contributed by atoms with Crippen molar-refractivity contribution in [1.82, 2.24) is 4.90 Å². The zero-order valence-electron chi connectivity index (χ0n) is 11.8. The number of hydrogen-bond acceptors (Lipinski definition) is 5. The maximum absolute atomic E-state index is 11.8. The van der Waals surface area contributed by atoms with E-state index in [2.05, 4.69) is 15.9 Å². The molecule has 1 atom stereocenters. The first-order valence-corrected chi connectivity index (χ1v) is 7.57. The van der Waals surface area contributed by atoms with Crippen LogP contribution in [0.1, 0.15) is 24.8 Å². The van der Waals surface area contributed by atoms with Crippen LogP contribution in [0.15, 0.2) is 22.7 Å². The zero-order valence-corrected chi connectivity index (χ0v) is 13.3. The van der Waals surface area contributed by atoms with Crippen molar-refractivity contribution in [1.29, 1.82) is 0 Å². The Morgan fingerprint density at radius 2 is 2.29 bits per heavy atom. The van der Waals surface area contributed by atoms with E-state index in [4.69, 9.17) is 4.74 Å². The van der Waals surface area contributed by atoms with Gasteiger partial charge >= 0.3 is 5.97 Å². The van der Waals surface area contributed by atoms with Gasteiger partial charge in [-0.25, -0.2) is 0 Å². The molecule has 21 heavy (non-hydrogen) atoms. The molecule has 0 N–H and O–H groups in total. The van der Waals surface area contributed by atoms with Gasteiger partial charge in [0, 0.05) is 12.6 Å². The predicted molar refractivity (Wildman–Crippen MR) is 80.9 cm³/mol. The van der Waals surface area contributed by atoms with Crippen molar-refractivity contribution in [2.24, 2.45) is 0 Å². The van der Waals surface area contributed by atoms with Gasteiger partial charge in [-0.3, -0.25) is 19.8 Å². The molecule has 1 aliphatic rings. The molecule has 1 aliphatic heterocycles. The summed E-state index contributed by atoms with van der Waals surface area (Å²) in [5.41, 5.74) is 0.846. The van der Waals surface area contributed by atoms with Gasteiger partial charge in [0.15, 0.2) is 0 Å². The van der Waals surface area contributed by atoms with E-state index in [0.717, 1.165) is 31.4 Å². The van der Waals surface area contributed by atoms with Gasteiger partial charge in [-0.2, -0.15) is 0 Å².